The Morgan fingerprint density at radius 2 is 1.83 bits per heavy atom. The fourth-order valence-electron chi connectivity index (χ4n) is 2.94. The number of nitrogens with one attached hydrogen (secondary N) is 1. The maximum absolute atomic E-state index is 12.5. The summed E-state index contributed by atoms with van der Waals surface area (Å²) in [5.74, 6) is 0. The predicted octanol–water partition coefficient (Wildman–Crippen LogP) is 3.88. The van der Waals surface area contributed by atoms with E-state index in [1.54, 1.807) is 0 Å². The first-order chi connectivity index (χ1) is 11.6. The van der Waals surface area contributed by atoms with Crippen molar-refractivity contribution < 1.29 is 9.53 Å². The topological polar surface area (TPSA) is 41.6 Å². The molecule has 2 amide bonds. The smallest absolute Gasteiger partial charge is 0.322 e. The van der Waals surface area contributed by atoms with Gasteiger partial charge in [-0.3, -0.25) is 4.90 Å². The number of nitrogens with zero attached hydrogens (tertiary/aromatic N) is 1. The molecule has 2 aromatic carbocycles. The third kappa shape index (κ3) is 3.77. The van der Waals surface area contributed by atoms with Crippen LogP contribution in [0.15, 0.2) is 48.5 Å². The van der Waals surface area contributed by atoms with Crippen molar-refractivity contribution in [1.82, 2.24) is 5.32 Å². The minimum absolute atomic E-state index is 0.0421. The zero-order valence-corrected chi connectivity index (χ0v) is 14.3. The SMILES string of the molecule is CC(C)OCc1ccccc1CNC(=O)N1CCc2ccccc21. The molecular weight excluding hydrogens is 300 g/mol. The lowest BCUT2D eigenvalue weighted by Crippen LogP contribution is -2.38. The number of hydrogen-bond acceptors (Lipinski definition) is 2. The summed E-state index contributed by atoms with van der Waals surface area (Å²) in [6.45, 7) is 5.86. The number of urea groups is 1. The average molecular weight is 324 g/mol. The standard InChI is InChI=1S/C20H24N2O2/c1-15(2)24-14-18-9-4-3-8-17(18)13-21-20(23)22-12-11-16-7-5-6-10-19(16)22/h3-10,15H,11-14H2,1-2H3,(H,21,23). The average Bonchev–Trinajstić information content (AvgIpc) is 3.02. The molecule has 0 saturated heterocycles. The van der Waals surface area contributed by atoms with Crippen LogP contribution < -0.4 is 10.2 Å². The number of carbonyl (C=O) groups excluding carboxylic acids is 1. The van der Waals surface area contributed by atoms with Crippen molar-refractivity contribution in [3.05, 3.63) is 65.2 Å². The predicted molar refractivity (Wildman–Crippen MR) is 96.1 cm³/mol. The highest BCUT2D eigenvalue weighted by atomic mass is 16.5. The molecule has 0 aromatic heterocycles. The van der Waals surface area contributed by atoms with Crippen LogP contribution in [0.25, 0.3) is 0 Å². The summed E-state index contributed by atoms with van der Waals surface area (Å²) in [6.07, 6.45) is 1.11. The van der Waals surface area contributed by atoms with Crippen molar-refractivity contribution in [1.29, 1.82) is 0 Å². The van der Waals surface area contributed by atoms with E-state index < -0.39 is 0 Å². The molecule has 24 heavy (non-hydrogen) atoms. The highest BCUT2D eigenvalue weighted by Crippen LogP contribution is 2.27. The Bertz CT molecular complexity index is 712. The summed E-state index contributed by atoms with van der Waals surface area (Å²) in [6, 6.07) is 16.1. The highest BCUT2D eigenvalue weighted by Gasteiger charge is 2.23. The molecule has 1 aliphatic rings. The van der Waals surface area contributed by atoms with Gasteiger partial charge in [0.1, 0.15) is 0 Å². The monoisotopic (exact) mass is 324 g/mol. The molecule has 0 fully saturated rings. The molecule has 1 aliphatic heterocycles. The Kier molecular flexibility index (Phi) is 5.16. The van der Waals surface area contributed by atoms with Crippen LogP contribution >= 0.6 is 0 Å². The van der Waals surface area contributed by atoms with E-state index in [0.717, 1.165) is 29.8 Å². The molecule has 0 spiro atoms. The summed E-state index contributed by atoms with van der Waals surface area (Å²) >= 11 is 0. The number of ether oxygens (including phenoxy) is 1. The Morgan fingerprint density at radius 1 is 1.12 bits per heavy atom. The summed E-state index contributed by atoms with van der Waals surface area (Å²) in [4.78, 5) is 14.4. The number of carbonyl (C=O) groups is 1. The van der Waals surface area contributed by atoms with Gasteiger partial charge in [-0.2, -0.15) is 0 Å². The number of amides is 2. The Morgan fingerprint density at radius 3 is 2.62 bits per heavy atom. The van der Waals surface area contributed by atoms with Crippen LogP contribution in [0.5, 0.6) is 0 Å². The lowest BCUT2D eigenvalue weighted by molar-refractivity contribution is 0.0652. The lowest BCUT2D eigenvalue weighted by Gasteiger charge is -2.19. The fourth-order valence-corrected chi connectivity index (χ4v) is 2.94. The minimum atomic E-state index is -0.0421. The lowest BCUT2D eigenvalue weighted by atomic mass is 10.1. The maximum Gasteiger partial charge on any atom is 0.322 e. The van der Waals surface area contributed by atoms with Gasteiger partial charge in [0.25, 0.3) is 0 Å². The number of fused-ring (bicyclic) bond motifs is 1. The third-order valence-corrected chi connectivity index (χ3v) is 4.25. The van der Waals surface area contributed by atoms with Gasteiger partial charge >= 0.3 is 6.03 Å². The van der Waals surface area contributed by atoms with Gasteiger partial charge in [0.2, 0.25) is 0 Å². The quantitative estimate of drug-likeness (QED) is 0.907. The Labute approximate surface area is 143 Å². The molecule has 4 nitrogen and oxygen atoms in total. The zero-order chi connectivity index (χ0) is 16.9. The second kappa shape index (κ2) is 7.49. The van der Waals surface area contributed by atoms with Gasteiger partial charge in [-0.1, -0.05) is 42.5 Å². The highest BCUT2D eigenvalue weighted by molar-refractivity contribution is 5.94. The number of benzene rings is 2. The summed E-state index contributed by atoms with van der Waals surface area (Å²) in [5.41, 5.74) is 4.47. The Balaban J connectivity index is 1.63. The molecular formula is C20H24N2O2. The number of rotatable bonds is 5. The van der Waals surface area contributed by atoms with Gasteiger partial charge in [0.15, 0.2) is 0 Å². The molecule has 0 bridgehead atoms. The number of anilines is 1. The molecule has 0 unspecified atom stereocenters. The number of hydrogen-bond donors (Lipinski definition) is 1. The second-order valence-corrected chi connectivity index (χ2v) is 6.32. The molecule has 0 aliphatic carbocycles. The van der Waals surface area contributed by atoms with Gasteiger partial charge in [-0.15, -0.1) is 0 Å². The maximum atomic E-state index is 12.5. The van der Waals surface area contributed by atoms with Crippen molar-refractivity contribution in [3.63, 3.8) is 0 Å². The van der Waals surface area contributed by atoms with E-state index in [1.165, 1.54) is 5.56 Å². The van der Waals surface area contributed by atoms with Crippen molar-refractivity contribution in [3.8, 4) is 0 Å². The van der Waals surface area contributed by atoms with E-state index >= 15 is 0 Å². The van der Waals surface area contributed by atoms with Crippen LogP contribution in [0.1, 0.15) is 30.5 Å². The van der Waals surface area contributed by atoms with Crippen LogP contribution in [0.2, 0.25) is 0 Å². The van der Waals surface area contributed by atoms with E-state index in [-0.39, 0.29) is 12.1 Å². The van der Waals surface area contributed by atoms with Crippen LogP contribution in [0, 0.1) is 0 Å². The first-order valence-electron chi connectivity index (χ1n) is 8.47. The fraction of sp³-hybridized carbons (Fsp3) is 0.350. The van der Waals surface area contributed by atoms with Gasteiger partial charge < -0.3 is 10.1 Å². The van der Waals surface area contributed by atoms with Gasteiger partial charge in [0, 0.05) is 18.8 Å². The van der Waals surface area contributed by atoms with E-state index in [4.69, 9.17) is 4.74 Å². The van der Waals surface area contributed by atoms with Gasteiger partial charge in [-0.05, 0) is 43.0 Å². The summed E-state index contributed by atoms with van der Waals surface area (Å²) in [7, 11) is 0. The van der Waals surface area contributed by atoms with Crippen LogP contribution in [0.3, 0.4) is 0 Å². The normalized spacial score (nSPS) is 13.2. The van der Waals surface area contributed by atoms with E-state index in [0.29, 0.717) is 13.2 Å². The van der Waals surface area contributed by atoms with Crippen molar-refractivity contribution >= 4 is 11.7 Å². The molecule has 1 heterocycles. The van der Waals surface area contributed by atoms with Crippen LogP contribution in [-0.4, -0.2) is 18.7 Å². The first kappa shape index (κ1) is 16.5. The van der Waals surface area contributed by atoms with Crippen molar-refractivity contribution in [2.45, 2.75) is 39.5 Å². The molecule has 4 heteroatoms. The van der Waals surface area contributed by atoms with Crippen LogP contribution in [-0.2, 0) is 24.3 Å². The molecule has 3 rings (SSSR count). The van der Waals surface area contributed by atoms with Crippen LogP contribution in [0.4, 0.5) is 10.5 Å². The third-order valence-electron chi connectivity index (χ3n) is 4.25. The molecule has 0 saturated carbocycles. The van der Waals surface area contributed by atoms with Gasteiger partial charge in [-0.25, -0.2) is 4.79 Å². The van der Waals surface area contributed by atoms with Crippen molar-refractivity contribution in [2.75, 3.05) is 11.4 Å². The molecule has 0 atom stereocenters. The van der Waals surface area contributed by atoms with E-state index in [2.05, 4.69) is 17.4 Å². The van der Waals surface area contributed by atoms with E-state index in [9.17, 15) is 4.79 Å². The summed E-state index contributed by atoms with van der Waals surface area (Å²) in [5, 5.41) is 3.04. The molecule has 0 radical (unpaired) electrons. The second-order valence-electron chi connectivity index (χ2n) is 6.32. The van der Waals surface area contributed by atoms with Crippen molar-refractivity contribution in [2.24, 2.45) is 0 Å². The van der Waals surface area contributed by atoms with E-state index in [1.807, 2.05) is 55.1 Å². The zero-order valence-electron chi connectivity index (χ0n) is 14.3. The summed E-state index contributed by atoms with van der Waals surface area (Å²) < 4.78 is 5.70. The largest absolute Gasteiger partial charge is 0.374 e. The first-order valence-corrected chi connectivity index (χ1v) is 8.47. The minimum Gasteiger partial charge on any atom is -0.374 e. The van der Waals surface area contributed by atoms with Gasteiger partial charge in [0.05, 0.1) is 12.7 Å². The molecule has 1 N–H and O–H groups in total. The Hall–Kier alpha value is -2.33. The molecule has 2 aromatic rings. The number of para-hydroxylation sites is 1. The molecule has 126 valence electrons.